The van der Waals surface area contributed by atoms with Crippen LogP contribution in [-0.2, 0) is 20.0 Å². The van der Waals surface area contributed by atoms with Gasteiger partial charge in [0.15, 0.2) is 0 Å². The standard InChI is InChI=1S/C19H29N3O4S2/c23-27(24,20-16-5-2-1-3-6-16)18-8-10-19(11-9-18)28(25,26)22-14-13-21-12-4-7-17(21)15-22/h8-11,16-17,20H,1-7,12-15H2/t17-/m0/s1. The first-order chi connectivity index (χ1) is 13.4. The molecule has 1 atom stereocenters. The minimum absolute atomic E-state index is 0.0233. The molecule has 3 fully saturated rings. The fourth-order valence-corrected chi connectivity index (χ4v) is 7.40. The molecule has 156 valence electrons. The summed E-state index contributed by atoms with van der Waals surface area (Å²) < 4.78 is 55.5. The van der Waals surface area contributed by atoms with Crippen molar-refractivity contribution in [2.24, 2.45) is 0 Å². The van der Waals surface area contributed by atoms with E-state index in [-0.39, 0.29) is 15.8 Å². The topological polar surface area (TPSA) is 86.8 Å². The lowest BCUT2D eigenvalue weighted by Gasteiger charge is -2.36. The Morgan fingerprint density at radius 1 is 0.786 bits per heavy atom. The Labute approximate surface area is 168 Å². The number of benzene rings is 1. The zero-order valence-corrected chi connectivity index (χ0v) is 17.7. The molecule has 9 heteroatoms. The van der Waals surface area contributed by atoms with Crippen molar-refractivity contribution in [1.82, 2.24) is 13.9 Å². The third-order valence-electron chi connectivity index (χ3n) is 6.25. The van der Waals surface area contributed by atoms with Crippen molar-refractivity contribution in [3.8, 4) is 0 Å². The van der Waals surface area contributed by atoms with Gasteiger partial charge in [-0.05, 0) is 56.5 Å². The lowest BCUT2D eigenvalue weighted by atomic mass is 9.96. The number of sulfonamides is 2. The van der Waals surface area contributed by atoms with Crippen LogP contribution in [0.25, 0.3) is 0 Å². The van der Waals surface area contributed by atoms with Gasteiger partial charge in [0.2, 0.25) is 20.0 Å². The Kier molecular flexibility index (Phi) is 5.81. The molecule has 0 aromatic heterocycles. The Bertz CT molecular complexity index is 894. The molecule has 7 nitrogen and oxygen atoms in total. The highest BCUT2D eigenvalue weighted by Gasteiger charge is 2.36. The molecule has 1 aromatic carbocycles. The van der Waals surface area contributed by atoms with Crippen LogP contribution in [0.5, 0.6) is 0 Å². The summed E-state index contributed by atoms with van der Waals surface area (Å²) in [6, 6.07) is 5.94. The van der Waals surface area contributed by atoms with Crippen molar-refractivity contribution in [3.63, 3.8) is 0 Å². The molecule has 28 heavy (non-hydrogen) atoms. The van der Waals surface area contributed by atoms with E-state index in [1.54, 1.807) is 4.31 Å². The molecular weight excluding hydrogens is 398 g/mol. The van der Waals surface area contributed by atoms with E-state index in [9.17, 15) is 16.8 Å². The molecule has 0 spiro atoms. The molecule has 1 N–H and O–H groups in total. The van der Waals surface area contributed by atoms with E-state index in [1.165, 1.54) is 24.3 Å². The Morgan fingerprint density at radius 3 is 2.18 bits per heavy atom. The molecular formula is C19H29N3O4S2. The molecule has 1 aliphatic carbocycles. The molecule has 0 unspecified atom stereocenters. The van der Waals surface area contributed by atoms with E-state index in [0.717, 1.165) is 58.0 Å². The van der Waals surface area contributed by atoms with Gasteiger partial charge in [0.05, 0.1) is 9.79 Å². The van der Waals surface area contributed by atoms with Crippen molar-refractivity contribution >= 4 is 20.0 Å². The van der Waals surface area contributed by atoms with Crippen molar-refractivity contribution < 1.29 is 16.8 Å². The van der Waals surface area contributed by atoms with Gasteiger partial charge >= 0.3 is 0 Å². The average Bonchev–Trinajstić information content (AvgIpc) is 3.16. The fraction of sp³-hybridized carbons (Fsp3) is 0.684. The summed E-state index contributed by atoms with van der Waals surface area (Å²) in [5, 5.41) is 0. The summed E-state index contributed by atoms with van der Waals surface area (Å²) in [7, 11) is -7.22. The molecule has 0 amide bonds. The number of hydrogen-bond acceptors (Lipinski definition) is 5. The molecule has 1 aromatic rings. The molecule has 1 saturated carbocycles. The van der Waals surface area contributed by atoms with E-state index in [0.29, 0.717) is 19.1 Å². The zero-order chi connectivity index (χ0) is 19.8. The number of hydrogen-bond donors (Lipinski definition) is 1. The molecule has 0 radical (unpaired) electrons. The van der Waals surface area contributed by atoms with Crippen LogP contribution in [0, 0.1) is 0 Å². The molecule has 0 bridgehead atoms. The van der Waals surface area contributed by atoms with Crippen molar-refractivity contribution in [2.75, 3.05) is 26.2 Å². The summed E-state index contributed by atoms with van der Waals surface area (Å²) in [4.78, 5) is 2.65. The van der Waals surface area contributed by atoms with E-state index >= 15 is 0 Å². The van der Waals surface area contributed by atoms with Crippen LogP contribution in [0.1, 0.15) is 44.9 Å². The number of rotatable bonds is 5. The monoisotopic (exact) mass is 427 g/mol. The largest absolute Gasteiger partial charge is 0.298 e. The van der Waals surface area contributed by atoms with Crippen LogP contribution in [0.15, 0.2) is 34.1 Å². The van der Waals surface area contributed by atoms with E-state index in [2.05, 4.69) is 9.62 Å². The van der Waals surface area contributed by atoms with Crippen molar-refractivity contribution in [2.45, 2.75) is 66.8 Å². The summed E-state index contributed by atoms with van der Waals surface area (Å²) >= 11 is 0. The minimum atomic E-state index is -3.62. The predicted octanol–water partition coefficient (Wildman–Crippen LogP) is 1.77. The Hall–Kier alpha value is -1.00. The molecule has 2 heterocycles. The third kappa shape index (κ3) is 4.14. The Balaban J connectivity index is 1.47. The fourth-order valence-electron chi connectivity index (χ4n) is 4.63. The van der Waals surface area contributed by atoms with Gasteiger partial charge in [-0.2, -0.15) is 4.31 Å². The minimum Gasteiger partial charge on any atom is -0.298 e. The zero-order valence-electron chi connectivity index (χ0n) is 16.1. The van der Waals surface area contributed by atoms with Gasteiger partial charge in [-0.3, -0.25) is 4.90 Å². The van der Waals surface area contributed by atoms with Gasteiger partial charge < -0.3 is 0 Å². The highest BCUT2D eigenvalue weighted by atomic mass is 32.2. The Morgan fingerprint density at radius 2 is 1.46 bits per heavy atom. The smallest absolute Gasteiger partial charge is 0.243 e. The van der Waals surface area contributed by atoms with Crippen LogP contribution in [0.4, 0.5) is 0 Å². The first-order valence-electron chi connectivity index (χ1n) is 10.2. The van der Waals surface area contributed by atoms with Crippen LogP contribution in [-0.4, -0.2) is 64.3 Å². The lowest BCUT2D eigenvalue weighted by molar-refractivity contribution is 0.158. The van der Waals surface area contributed by atoms with Crippen LogP contribution in [0.3, 0.4) is 0 Å². The second-order valence-corrected chi connectivity index (χ2v) is 11.8. The second kappa shape index (κ2) is 8.02. The second-order valence-electron chi connectivity index (χ2n) is 8.12. The number of piperazine rings is 1. The highest BCUT2D eigenvalue weighted by Crippen LogP contribution is 2.26. The predicted molar refractivity (Wildman–Crippen MR) is 107 cm³/mol. The van der Waals surface area contributed by atoms with E-state index in [1.807, 2.05) is 0 Å². The van der Waals surface area contributed by atoms with Gasteiger partial charge in [-0.15, -0.1) is 0 Å². The van der Waals surface area contributed by atoms with Gasteiger partial charge in [0, 0.05) is 31.7 Å². The molecule has 2 saturated heterocycles. The van der Waals surface area contributed by atoms with Gasteiger partial charge in [0.25, 0.3) is 0 Å². The normalized spacial score (nSPS) is 25.6. The quantitative estimate of drug-likeness (QED) is 0.774. The van der Waals surface area contributed by atoms with E-state index in [4.69, 9.17) is 0 Å². The maximum Gasteiger partial charge on any atom is 0.243 e. The number of fused-ring (bicyclic) bond motifs is 1. The first-order valence-corrected chi connectivity index (χ1v) is 13.2. The molecule has 2 aliphatic heterocycles. The van der Waals surface area contributed by atoms with Crippen molar-refractivity contribution in [3.05, 3.63) is 24.3 Å². The van der Waals surface area contributed by atoms with Crippen molar-refractivity contribution in [1.29, 1.82) is 0 Å². The summed E-state index contributed by atoms with van der Waals surface area (Å²) in [5.74, 6) is 0. The van der Waals surface area contributed by atoms with Crippen LogP contribution < -0.4 is 4.72 Å². The SMILES string of the molecule is O=S(=O)(NC1CCCCC1)c1ccc(S(=O)(=O)N2CCN3CCC[C@H]3C2)cc1. The van der Waals surface area contributed by atoms with Gasteiger partial charge in [-0.25, -0.2) is 21.6 Å². The van der Waals surface area contributed by atoms with Gasteiger partial charge in [-0.1, -0.05) is 19.3 Å². The maximum absolute atomic E-state index is 13.0. The average molecular weight is 428 g/mol. The number of nitrogens with zero attached hydrogens (tertiary/aromatic N) is 2. The lowest BCUT2D eigenvalue weighted by Crippen LogP contribution is -2.51. The number of nitrogens with one attached hydrogen (secondary N) is 1. The summed E-state index contributed by atoms with van der Waals surface area (Å²) in [5.41, 5.74) is 0. The third-order valence-corrected chi connectivity index (χ3v) is 9.66. The molecule has 3 aliphatic rings. The van der Waals surface area contributed by atoms with Crippen LogP contribution >= 0.6 is 0 Å². The van der Waals surface area contributed by atoms with E-state index < -0.39 is 20.0 Å². The summed E-state index contributed by atoms with van der Waals surface area (Å²) in [6.07, 6.45) is 7.12. The van der Waals surface area contributed by atoms with Crippen LogP contribution in [0.2, 0.25) is 0 Å². The maximum atomic E-state index is 13.0. The highest BCUT2D eigenvalue weighted by molar-refractivity contribution is 7.89. The first kappa shape index (κ1) is 20.3. The van der Waals surface area contributed by atoms with Gasteiger partial charge in [0.1, 0.15) is 0 Å². The molecule has 4 rings (SSSR count). The summed E-state index contributed by atoms with van der Waals surface area (Å²) in [6.45, 7) is 2.83.